The highest BCUT2D eigenvalue weighted by Gasteiger charge is 2.19. The molecule has 1 aromatic heterocycles. The smallest absolute Gasteiger partial charge is 0.250 e. The van der Waals surface area contributed by atoms with Crippen LogP contribution in [-0.4, -0.2) is 8.42 Å². The van der Waals surface area contributed by atoms with Crippen LogP contribution in [-0.2, 0) is 16.6 Å². The van der Waals surface area contributed by atoms with Gasteiger partial charge in [-0.3, -0.25) is 0 Å². The second-order valence-corrected chi connectivity index (χ2v) is 8.91. The van der Waals surface area contributed by atoms with Crippen molar-refractivity contribution in [1.82, 2.24) is 4.72 Å². The molecule has 0 bridgehead atoms. The zero-order valence-corrected chi connectivity index (χ0v) is 14.5. The van der Waals surface area contributed by atoms with Crippen LogP contribution in [0.2, 0.25) is 5.02 Å². The van der Waals surface area contributed by atoms with Gasteiger partial charge in [0.1, 0.15) is 4.21 Å². The SMILES string of the molecule is Cc1c(N)cccc1CNS(=O)(=O)c1cc(Cl)c(Br)s1. The normalized spacial score (nSPS) is 11.8. The van der Waals surface area contributed by atoms with Crippen LogP contribution >= 0.6 is 38.9 Å². The maximum Gasteiger partial charge on any atom is 0.250 e. The molecule has 0 aliphatic carbocycles. The van der Waals surface area contributed by atoms with Gasteiger partial charge in [0.15, 0.2) is 0 Å². The molecule has 0 amide bonds. The number of nitrogens with one attached hydrogen (secondary N) is 1. The third-order valence-corrected chi connectivity index (χ3v) is 7.18. The van der Waals surface area contributed by atoms with Crippen LogP contribution in [0.15, 0.2) is 32.3 Å². The van der Waals surface area contributed by atoms with Gasteiger partial charge in [-0.25, -0.2) is 13.1 Å². The van der Waals surface area contributed by atoms with Gasteiger partial charge >= 0.3 is 0 Å². The first-order valence-electron chi connectivity index (χ1n) is 5.59. The van der Waals surface area contributed by atoms with Crippen molar-refractivity contribution in [2.24, 2.45) is 0 Å². The summed E-state index contributed by atoms with van der Waals surface area (Å²) in [7, 11) is -3.58. The Morgan fingerprint density at radius 3 is 2.75 bits per heavy atom. The molecule has 1 heterocycles. The lowest BCUT2D eigenvalue weighted by Crippen LogP contribution is -2.22. The van der Waals surface area contributed by atoms with E-state index in [1.807, 2.05) is 13.0 Å². The highest BCUT2D eigenvalue weighted by molar-refractivity contribution is 9.11. The number of sulfonamides is 1. The largest absolute Gasteiger partial charge is 0.399 e. The monoisotopic (exact) mass is 394 g/mol. The number of nitrogen functional groups attached to an aromatic ring is 1. The van der Waals surface area contributed by atoms with Crippen LogP contribution in [0.25, 0.3) is 0 Å². The molecule has 108 valence electrons. The summed E-state index contributed by atoms with van der Waals surface area (Å²) in [5, 5.41) is 0.385. The van der Waals surface area contributed by atoms with Gasteiger partial charge in [-0.15, -0.1) is 11.3 Å². The van der Waals surface area contributed by atoms with E-state index >= 15 is 0 Å². The molecule has 20 heavy (non-hydrogen) atoms. The average Bonchev–Trinajstić information content (AvgIpc) is 2.72. The van der Waals surface area contributed by atoms with Gasteiger partial charge in [-0.05, 0) is 46.1 Å². The fourth-order valence-corrected chi connectivity index (χ4v) is 5.05. The number of benzene rings is 1. The molecule has 1 aromatic carbocycles. The summed E-state index contributed by atoms with van der Waals surface area (Å²) in [6.45, 7) is 2.05. The predicted molar refractivity (Wildman–Crippen MR) is 86.6 cm³/mol. The summed E-state index contributed by atoms with van der Waals surface area (Å²) in [5.41, 5.74) is 8.16. The molecule has 4 nitrogen and oxygen atoms in total. The van der Waals surface area contributed by atoms with Crippen molar-refractivity contribution in [3.8, 4) is 0 Å². The standard InChI is InChI=1S/C12H12BrClN2O2S2/c1-7-8(3-2-4-10(7)15)6-16-20(17,18)11-5-9(14)12(13)19-11/h2-5,16H,6,15H2,1H3. The molecule has 3 N–H and O–H groups in total. The molecule has 0 spiro atoms. The molecular weight excluding hydrogens is 384 g/mol. The lowest BCUT2D eigenvalue weighted by molar-refractivity contribution is 0.583. The molecule has 0 fully saturated rings. The Hall–Kier alpha value is -0.600. The molecule has 0 aliphatic rings. The Kier molecular flexibility index (Phi) is 4.76. The third-order valence-electron chi connectivity index (χ3n) is 2.83. The van der Waals surface area contributed by atoms with Crippen molar-refractivity contribution in [2.45, 2.75) is 17.7 Å². The minimum atomic E-state index is -3.58. The third kappa shape index (κ3) is 3.35. The highest BCUT2D eigenvalue weighted by atomic mass is 79.9. The Morgan fingerprint density at radius 1 is 1.45 bits per heavy atom. The molecule has 8 heteroatoms. The molecule has 0 radical (unpaired) electrons. The van der Waals surface area contributed by atoms with Crippen molar-refractivity contribution in [2.75, 3.05) is 5.73 Å². The van der Waals surface area contributed by atoms with Crippen LogP contribution < -0.4 is 10.5 Å². The predicted octanol–water partition coefficient (Wildman–Crippen LogP) is 3.53. The molecule has 0 saturated carbocycles. The van der Waals surface area contributed by atoms with Crippen LogP contribution in [0, 0.1) is 6.92 Å². The van der Waals surface area contributed by atoms with Crippen molar-refractivity contribution in [3.63, 3.8) is 0 Å². The van der Waals surface area contributed by atoms with Gasteiger partial charge in [-0.1, -0.05) is 23.7 Å². The van der Waals surface area contributed by atoms with Crippen LogP contribution in [0.3, 0.4) is 0 Å². The molecule has 0 saturated heterocycles. The lowest BCUT2D eigenvalue weighted by Gasteiger charge is -2.09. The van der Waals surface area contributed by atoms with E-state index in [2.05, 4.69) is 20.7 Å². The van der Waals surface area contributed by atoms with Crippen molar-refractivity contribution in [1.29, 1.82) is 0 Å². The van der Waals surface area contributed by atoms with Crippen molar-refractivity contribution in [3.05, 3.63) is 44.2 Å². The zero-order chi connectivity index (χ0) is 14.9. The van der Waals surface area contributed by atoms with E-state index < -0.39 is 10.0 Å². The minimum absolute atomic E-state index is 0.177. The number of hydrogen-bond donors (Lipinski definition) is 2. The van der Waals surface area contributed by atoms with E-state index in [-0.39, 0.29) is 10.8 Å². The molecule has 2 aromatic rings. The number of thiophene rings is 1. The van der Waals surface area contributed by atoms with Crippen molar-refractivity contribution >= 4 is 54.6 Å². The second kappa shape index (κ2) is 6.03. The Morgan fingerprint density at radius 2 is 2.15 bits per heavy atom. The molecule has 0 unspecified atom stereocenters. The molecule has 0 atom stereocenters. The minimum Gasteiger partial charge on any atom is -0.399 e. The summed E-state index contributed by atoms with van der Waals surface area (Å²) in [6, 6.07) is 6.84. The fourth-order valence-electron chi connectivity index (χ4n) is 1.60. The summed E-state index contributed by atoms with van der Waals surface area (Å²) in [6.07, 6.45) is 0. The first-order valence-corrected chi connectivity index (χ1v) is 9.07. The van der Waals surface area contributed by atoms with Crippen LogP contribution in [0.5, 0.6) is 0 Å². The highest BCUT2D eigenvalue weighted by Crippen LogP contribution is 2.34. The van der Waals surface area contributed by atoms with Crippen LogP contribution in [0.1, 0.15) is 11.1 Å². The molecule has 0 aliphatic heterocycles. The van der Waals surface area contributed by atoms with Gasteiger partial charge in [0.2, 0.25) is 10.0 Å². The average molecular weight is 396 g/mol. The van der Waals surface area contributed by atoms with Gasteiger partial charge in [0.05, 0.1) is 8.81 Å². The van der Waals surface area contributed by atoms with Gasteiger partial charge in [0, 0.05) is 12.2 Å². The Balaban J connectivity index is 2.19. The van der Waals surface area contributed by atoms with Gasteiger partial charge < -0.3 is 5.73 Å². The molecular formula is C12H12BrClN2O2S2. The van der Waals surface area contributed by atoms with Crippen molar-refractivity contribution < 1.29 is 8.42 Å². The first kappa shape index (κ1) is 15.8. The van der Waals surface area contributed by atoms with E-state index in [0.717, 1.165) is 22.5 Å². The first-order chi connectivity index (χ1) is 9.31. The maximum absolute atomic E-state index is 12.2. The van der Waals surface area contributed by atoms with Gasteiger partial charge in [0.25, 0.3) is 0 Å². The van der Waals surface area contributed by atoms with Crippen LogP contribution in [0.4, 0.5) is 5.69 Å². The Bertz CT molecular complexity index is 724. The second-order valence-electron chi connectivity index (χ2n) is 4.14. The van der Waals surface area contributed by atoms with E-state index in [9.17, 15) is 8.42 Å². The fraction of sp³-hybridized carbons (Fsp3) is 0.167. The summed E-state index contributed by atoms with van der Waals surface area (Å²) in [5.74, 6) is 0. The Labute approximate surface area is 135 Å². The summed E-state index contributed by atoms with van der Waals surface area (Å²) in [4.78, 5) is 0. The van der Waals surface area contributed by atoms with Gasteiger partial charge in [-0.2, -0.15) is 0 Å². The topological polar surface area (TPSA) is 72.2 Å². The molecule has 2 rings (SSSR count). The summed E-state index contributed by atoms with van der Waals surface area (Å²) < 4.78 is 27.6. The summed E-state index contributed by atoms with van der Waals surface area (Å²) >= 11 is 10.1. The number of halogens is 2. The quantitative estimate of drug-likeness (QED) is 0.778. The maximum atomic E-state index is 12.2. The number of hydrogen-bond acceptors (Lipinski definition) is 4. The van der Waals surface area contributed by atoms with E-state index in [4.69, 9.17) is 17.3 Å². The zero-order valence-electron chi connectivity index (χ0n) is 10.5. The number of nitrogens with two attached hydrogens (primary N) is 1. The van der Waals surface area contributed by atoms with E-state index in [1.165, 1.54) is 6.07 Å². The lowest BCUT2D eigenvalue weighted by atomic mass is 10.1. The van der Waals surface area contributed by atoms with E-state index in [1.54, 1.807) is 12.1 Å². The van der Waals surface area contributed by atoms with E-state index in [0.29, 0.717) is 14.5 Å². The number of anilines is 1. The number of rotatable bonds is 4.